The van der Waals surface area contributed by atoms with E-state index in [1.54, 1.807) is 0 Å². The summed E-state index contributed by atoms with van der Waals surface area (Å²) in [5.74, 6) is -0.429. The van der Waals surface area contributed by atoms with E-state index >= 15 is 0 Å². The number of amides is 2. The molecule has 0 fully saturated rings. The van der Waals surface area contributed by atoms with Gasteiger partial charge in [-0.3, -0.25) is 9.59 Å². The quantitative estimate of drug-likeness (QED) is 0.874. The maximum absolute atomic E-state index is 10.8. The van der Waals surface area contributed by atoms with Crippen LogP contribution in [-0.2, 0) is 22.6 Å². The molecule has 1 aromatic heterocycles. The molecule has 0 bridgehead atoms. The lowest BCUT2D eigenvalue weighted by Gasteiger charge is -2.03. The SMILES string of the molecule is CC(=O)NCc1ccc(-c2csc(CC(N)=O)n2)cc1. The highest BCUT2D eigenvalue weighted by molar-refractivity contribution is 7.10. The van der Waals surface area contributed by atoms with E-state index < -0.39 is 0 Å². The number of benzene rings is 1. The van der Waals surface area contributed by atoms with E-state index in [9.17, 15) is 9.59 Å². The van der Waals surface area contributed by atoms with Crippen LogP contribution in [0.25, 0.3) is 11.3 Å². The van der Waals surface area contributed by atoms with Gasteiger partial charge in [0.05, 0.1) is 12.1 Å². The molecule has 1 heterocycles. The Morgan fingerprint density at radius 2 is 2.00 bits per heavy atom. The van der Waals surface area contributed by atoms with E-state index in [2.05, 4.69) is 10.3 Å². The second-order valence-electron chi connectivity index (χ2n) is 4.38. The first kappa shape index (κ1) is 14.2. The van der Waals surface area contributed by atoms with Gasteiger partial charge in [0, 0.05) is 24.4 Å². The van der Waals surface area contributed by atoms with E-state index in [-0.39, 0.29) is 18.2 Å². The summed E-state index contributed by atoms with van der Waals surface area (Å²) in [5, 5.41) is 5.36. The predicted octanol–water partition coefficient (Wildman–Crippen LogP) is 1.47. The zero-order valence-electron chi connectivity index (χ0n) is 11.1. The molecular formula is C14H15N3O2S. The summed E-state index contributed by atoms with van der Waals surface area (Å²) in [6.45, 7) is 2.00. The lowest BCUT2D eigenvalue weighted by molar-refractivity contribution is -0.119. The fourth-order valence-electron chi connectivity index (χ4n) is 1.69. The van der Waals surface area contributed by atoms with Crippen molar-refractivity contribution in [2.75, 3.05) is 0 Å². The summed E-state index contributed by atoms with van der Waals surface area (Å²) >= 11 is 1.42. The minimum absolute atomic E-state index is 0.0512. The molecule has 6 heteroatoms. The van der Waals surface area contributed by atoms with Crippen LogP contribution in [0.1, 0.15) is 17.5 Å². The van der Waals surface area contributed by atoms with E-state index in [4.69, 9.17) is 5.73 Å². The Morgan fingerprint density at radius 3 is 2.60 bits per heavy atom. The van der Waals surface area contributed by atoms with Crippen molar-refractivity contribution in [3.8, 4) is 11.3 Å². The predicted molar refractivity (Wildman–Crippen MR) is 78.0 cm³/mol. The highest BCUT2D eigenvalue weighted by atomic mass is 32.1. The normalized spacial score (nSPS) is 10.2. The first-order chi connectivity index (χ1) is 9.54. The third-order valence-corrected chi connectivity index (χ3v) is 3.52. The number of hydrogen-bond donors (Lipinski definition) is 2. The molecule has 0 saturated carbocycles. The number of nitrogens with two attached hydrogens (primary N) is 1. The molecule has 0 saturated heterocycles. The second-order valence-corrected chi connectivity index (χ2v) is 5.32. The van der Waals surface area contributed by atoms with Crippen LogP contribution in [0.4, 0.5) is 0 Å². The number of carbonyl (C=O) groups is 2. The molecule has 0 radical (unpaired) electrons. The molecule has 2 rings (SSSR count). The van der Waals surface area contributed by atoms with Gasteiger partial charge < -0.3 is 11.1 Å². The van der Waals surface area contributed by atoms with Gasteiger partial charge in [-0.05, 0) is 5.56 Å². The minimum Gasteiger partial charge on any atom is -0.369 e. The van der Waals surface area contributed by atoms with E-state index in [0.29, 0.717) is 6.54 Å². The number of hydrogen-bond acceptors (Lipinski definition) is 4. The minimum atomic E-state index is -0.378. The van der Waals surface area contributed by atoms with Crippen LogP contribution in [0.5, 0.6) is 0 Å². The van der Waals surface area contributed by atoms with Crippen molar-refractivity contribution in [2.45, 2.75) is 19.9 Å². The molecule has 104 valence electrons. The van der Waals surface area contributed by atoms with Crippen LogP contribution in [0, 0.1) is 0 Å². The second kappa shape index (κ2) is 6.29. The lowest BCUT2D eigenvalue weighted by atomic mass is 10.1. The third-order valence-electron chi connectivity index (χ3n) is 2.67. The highest BCUT2D eigenvalue weighted by Gasteiger charge is 2.07. The smallest absolute Gasteiger partial charge is 0.224 e. The van der Waals surface area contributed by atoms with Crippen LogP contribution in [0.15, 0.2) is 29.6 Å². The Labute approximate surface area is 120 Å². The molecule has 5 nitrogen and oxygen atoms in total. The maximum Gasteiger partial charge on any atom is 0.224 e. The molecule has 0 spiro atoms. The van der Waals surface area contributed by atoms with Gasteiger partial charge in [0.15, 0.2) is 0 Å². The van der Waals surface area contributed by atoms with Crippen LogP contribution in [-0.4, -0.2) is 16.8 Å². The largest absolute Gasteiger partial charge is 0.369 e. The van der Waals surface area contributed by atoms with E-state index in [1.165, 1.54) is 18.3 Å². The van der Waals surface area contributed by atoms with Gasteiger partial charge in [0.1, 0.15) is 5.01 Å². The summed E-state index contributed by atoms with van der Waals surface area (Å²) in [4.78, 5) is 26.1. The zero-order chi connectivity index (χ0) is 14.5. The summed E-state index contributed by atoms with van der Waals surface area (Å²) in [6, 6.07) is 7.78. The molecule has 2 amide bonds. The summed E-state index contributed by atoms with van der Waals surface area (Å²) in [7, 11) is 0. The van der Waals surface area contributed by atoms with Gasteiger partial charge in [-0.1, -0.05) is 24.3 Å². The van der Waals surface area contributed by atoms with Crippen molar-refractivity contribution >= 4 is 23.2 Å². The molecule has 2 aromatic rings. The van der Waals surface area contributed by atoms with Gasteiger partial charge in [-0.2, -0.15) is 0 Å². The van der Waals surface area contributed by atoms with Crippen LogP contribution >= 0.6 is 11.3 Å². The van der Waals surface area contributed by atoms with Crippen molar-refractivity contribution in [3.63, 3.8) is 0 Å². The molecule has 20 heavy (non-hydrogen) atoms. The summed E-state index contributed by atoms with van der Waals surface area (Å²) in [6.07, 6.45) is 0.172. The average molecular weight is 289 g/mol. The van der Waals surface area contributed by atoms with Crippen molar-refractivity contribution in [1.82, 2.24) is 10.3 Å². The first-order valence-corrected chi connectivity index (χ1v) is 6.99. The van der Waals surface area contributed by atoms with Crippen molar-refractivity contribution in [1.29, 1.82) is 0 Å². The Balaban J connectivity index is 2.07. The fraction of sp³-hybridized carbons (Fsp3) is 0.214. The number of thiazole rings is 1. The Morgan fingerprint density at radius 1 is 1.30 bits per heavy atom. The Bertz CT molecular complexity index is 620. The van der Waals surface area contributed by atoms with Crippen molar-refractivity contribution < 1.29 is 9.59 Å². The Kier molecular flexibility index (Phi) is 4.47. The van der Waals surface area contributed by atoms with Crippen LogP contribution in [0.2, 0.25) is 0 Å². The summed E-state index contributed by atoms with van der Waals surface area (Å²) < 4.78 is 0. The standard InChI is InChI=1S/C14H15N3O2S/c1-9(18)16-7-10-2-4-11(5-3-10)12-8-20-14(17-12)6-13(15)19/h2-5,8H,6-7H2,1H3,(H2,15,19)(H,16,18). The van der Waals surface area contributed by atoms with Crippen molar-refractivity contribution in [2.24, 2.45) is 5.73 Å². The summed E-state index contributed by atoms with van der Waals surface area (Å²) in [5.41, 5.74) is 7.97. The van der Waals surface area contributed by atoms with Gasteiger partial charge in [-0.15, -0.1) is 11.3 Å². The number of rotatable bonds is 5. The molecule has 1 aromatic carbocycles. The highest BCUT2D eigenvalue weighted by Crippen LogP contribution is 2.22. The van der Waals surface area contributed by atoms with E-state index in [1.807, 2.05) is 29.6 Å². The zero-order valence-corrected chi connectivity index (χ0v) is 11.9. The van der Waals surface area contributed by atoms with Crippen LogP contribution in [0.3, 0.4) is 0 Å². The number of nitrogens with zero attached hydrogens (tertiary/aromatic N) is 1. The van der Waals surface area contributed by atoms with Crippen LogP contribution < -0.4 is 11.1 Å². The molecular weight excluding hydrogens is 274 g/mol. The monoisotopic (exact) mass is 289 g/mol. The number of nitrogens with one attached hydrogen (secondary N) is 1. The van der Waals surface area contributed by atoms with E-state index in [0.717, 1.165) is 21.8 Å². The van der Waals surface area contributed by atoms with Gasteiger partial charge in [0.25, 0.3) is 0 Å². The molecule has 0 aliphatic heterocycles. The first-order valence-electron chi connectivity index (χ1n) is 6.11. The molecule has 0 aliphatic carbocycles. The number of carbonyl (C=O) groups excluding carboxylic acids is 2. The average Bonchev–Trinajstić information content (AvgIpc) is 2.84. The molecule has 0 unspecified atom stereocenters. The fourth-order valence-corrected chi connectivity index (χ4v) is 2.51. The van der Waals surface area contributed by atoms with Gasteiger partial charge in [-0.25, -0.2) is 4.98 Å². The maximum atomic E-state index is 10.8. The molecule has 0 atom stereocenters. The Hall–Kier alpha value is -2.21. The third kappa shape index (κ3) is 3.89. The number of aromatic nitrogens is 1. The van der Waals surface area contributed by atoms with Gasteiger partial charge >= 0.3 is 0 Å². The van der Waals surface area contributed by atoms with Gasteiger partial charge in [0.2, 0.25) is 11.8 Å². The molecule has 0 aliphatic rings. The van der Waals surface area contributed by atoms with Crippen molar-refractivity contribution in [3.05, 3.63) is 40.2 Å². The lowest BCUT2D eigenvalue weighted by Crippen LogP contribution is -2.18. The number of primary amides is 1. The topological polar surface area (TPSA) is 85.1 Å². The molecule has 3 N–H and O–H groups in total.